The van der Waals surface area contributed by atoms with Crippen LogP contribution in [0.15, 0.2) is 36.7 Å². The average molecular weight is 424 g/mol. The van der Waals surface area contributed by atoms with E-state index in [1.807, 2.05) is 0 Å². The summed E-state index contributed by atoms with van der Waals surface area (Å²) >= 11 is 0. The number of H-pyrrole nitrogens is 1. The van der Waals surface area contributed by atoms with Gasteiger partial charge in [-0.3, -0.25) is 9.78 Å². The molecule has 160 valence electrons. The third kappa shape index (κ3) is 3.57. The zero-order valence-electron chi connectivity index (χ0n) is 16.6. The quantitative estimate of drug-likeness (QED) is 0.453. The Balaban J connectivity index is 1.59. The van der Waals surface area contributed by atoms with Gasteiger partial charge < -0.3 is 30.2 Å². The predicted octanol–water partition coefficient (Wildman–Crippen LogP) is 3.12. The molecule has 0 aliphatic carbocycles. The minimum Gasteiger partial charge on any atom is -0.503 e. The third-order valence-electron chi connectivity index (χ3n) is 5.48. The number of fused-ring (bicyclic) bond motifs is 1. The van der Waals surface area contributed by atoms with Gasteiger partial charge in [0.25, 0.3) is 5.91 Å². The van der Waals surface area contributed by atoms with Gasteiger partial charge in [-0.2, -0.15) is 0 Å². The molecule has 0 bridgehead atoms. The molecule has 3 aromatic rings. The topological polar surface area (TPSA) is 109 Å². The fourth-order valence-electron chi connectivity index (χ4n) is 3.76. The van der Waals surface area contributed by atoms with E-state index >= 15 is 0 Å². The molecule has 2 aromatic heterocycles. The highest BCUT2D eigenvalue weighted by atomic mass is 19.1. The second-order valence-corrected chi connectivity index (χ2v) is 7.46. The van der Waals surface area contributed by atoms with Crippen LogP contribution in [0.1, 0.15) is 22.5 Å². The molecule has 5 rings (SSSR count). The number of hydrogen-bond donors (Lipinski definition) is 4. The molecule has 1 unspecified atom stereocenters. The fraction of sp³-hybridized carbons (Fsp3) is 0.273. The first-order valence-electron chi connectivity index (χ1n) is 10.1. The summed E-state index contributed by atoms with van der Waals surface area (Å²) in [6, 6.07) is 5.97. The second kappa shape index (κ2) is 7.92. The molecule has 1 amide bonds. The number of hydrogen-bond acceptors (Lipinski definition) is 6. The highest BCUT2D eigenvalue weighted by molar-refractivity contribution is 6.06. The van der Waals surface area contributed by atoms with Crippen LogP contribution in [0.5, 0.6) is 11.5 Å². The number of benzene rings is 1. The zero-order valence-corrected chi connectivity index (χ0v) is 16.6. The van der Waals surface area contributed by atoms with Crippen LogP contribution in [-0.2, 0) is 11.2 Å². The number of aromatic hydroxyl groups is 1. The van der Waals surface area contributed by atoms with E-state index in [0.29, 0.717) is 47.8 Å². The molecule has 2 aliphatic heterocycles. The fourth-order valence-corrected chi connectivity index (χ4v) is 3.76. The molecule has 4 heterocycles. The van der Waals surface area contributed by atoms with Crippen molar-refractivity contribution in [3.63, 3.8) is 0 Å². The Hall–Kier alpha value is -3.59. The third-order valence-corrected chi connectivity index (χ3v) is 5.48. The van der Waals surface area contributed by atoms with E-state index in [9.17, 15) is 14.3 Å². The number of para-hydroxylation sites is 1. The lowest BCUT2D eigenvalue weighted by molar-refractivity contribution is -0.0720. The molecule has 0 saturated carbocycles. The summed E-state index contributed by atoms with van der Waals surface area (Å²) in [5.41, 5.74) is 3.05. The molecule has 8 nitrogen and oxygen atoms in total. The number of nitrogens with zero attached hydrogens (tertiary/aromatic N) is 1. The van der Waals surface area contributed by atoms with Gasteiger partial charge in [0.05, 0.1) is 34.9 Å². The van der Waals surface area contributed by atoms with Crippen LogP contribution in [0.3, 0.4) is 0 Å². The number of ether oxygens (including phenoxy) is 2. The van der Waals surface area contributed by atoms with E-state index in [1.54, 1.807) is 24.5 Å². The monoisotopic (exact) mass is 424 g/mol. The lowest BCUT2D eigenvalue weighted by Gasteiger charge is -2.26. The van der Waals surface area contributed by atoms with Crippen LogP contribution in [0, 0.1) is 5.82 Å². The van der Waals surface area contributed by atoms with Crippen molar-refractivity contribution in [3.05, 3.63) is 53.7 Å². The molecule has 2 aliphatic rings. The smallest absolute Gasteiger partial charge is 0.255 e. The maximum Gasteiger partial charge on any atom is 0.255 e. The van der Waals surface area contributed by atoms with Crippen LogP contribution < -0.4 is 15.4 Å². The molecule has 1 saturated heterocycles. The first-order chi connectivity index (χ1) is 15.1. The summed E-state index contributed by atoms with van der Waals surface area (Å²) in [5.74, 6) is -0.994. The Bertz CT molecular complexity index is 1140. The van der Waals surface area contributed by atoms with E-state index in [1.165, 1.54) is 6.07 Å². The summed E-state index contributed by atoms with van der Waals surface area (Å²) in [5, 5.41) is 16.0. The number of aromatic nitrogens is 2. The van der Waals surface area contributed by atoms with Crippen LogP contribution in [0.4, 0.5) is 15.8 Å². The van der Waals surface area contributed by atoms with Crippen molar-refractivity contribution in [2.45, 2.75) is 18.9 Å². The Labute approximate surface area is 177 Å². The van der Waals surface area contributed by atoms with Gasteiger partial charge in [0.15, 0.2) is 11.6 Å². The van der Waals surface area contributed by atoms with Crippen molar-refractivity contribution in [3.8, 4) is 22.8 Å². The summed E-state index contributed by atoms with van der Waals surface area (Å²) in [7, 11) is 0. The maximum absolute atomic E-state index is 13.9. The number of carbonyl (C=O) groups excluding carboxylic acids is 1. The van der Waals surface area contributed by atoms with Crippen molar-refractivity contribution in [1.29, 1.82) is 0 Å². The molecule has 1 aromatic carbocycles. The van der Waals surface area contributed by atoms with Crippen LogP contribution >= 0.6 is 0 Å². The number of anilines is 2. The van der Waals surface area contributed by atoms with Gasteiger partial charge >= 0.3 is 0 Å². The van der Waals surface area contributed by atoms with E-state index in [0.717, 1.165) is 24.8 Å². The van der Waals surface area contributed by atoms with E-state index in [4.69, 9.17) is 9.47 Å². The second-order valence-electron chi connectivity index (χ2n) is 7.46. The Morgan fingerprint density at radius 3 is 3.03 bits per heavy atom. The number of halogens is 1. The van der Waals surface area contributed by atoms with Crippen LogP contribution in [-0.4, -0.2) is 46.8 Å². The standard InChI is InChI=1S/C22H21FN4O4/c23-14-2-1-3-16(21(14)28)27-20-18-15(5-8-25-22(18)29)26-19(20)13-4-7-24-10-17(13)31-11-12-6-9-30-12/h1-4,7,10,12,26-28H,5-6,8-9,11H2,(H,25,29). The molecule has 1 atom stereocenters. The van der Waals surface area contributed by atoms with Crippen molar-refractivity contribution >= 4 is 17.3 Å². The van der Waals surface area contributed by atoms with Crippen molar-refractivity contribution in [1.82, 2.24) is 15.3 Å². The molecular formula is C22H21FN4O4. The van der Waals surface area contributed by atoms with Crippen LogP contribution in [0.2, 0.25) is 0 Å². The van der Waals surface area contributed by atoms with Gasteiger partial charge in [-0.25, -0.2) is 4.39 Å². The Morgan fingerprint density at radius 1 is 1.35 bits per heavy atom. The summed E-state index contributed by atoms with van der Waals surface area (Å²) in [4.78, 5) is 20.2. The molecule has 4 N–H and O–H groups in total. The predicted molar refractivity (Wildman–Crippen MR) is 111 cm³/mol. The van der Waals surface area contributed by atoms with Gasteiger partial charge in [0.1, 0.15) is 12.4 Å². The summed E-state index contributed by atoms with van der Waals surface area (Å²) < 4.78 is 25.3. The molecular weight excluding hydrogens is 403 g/mol. The number of aromatic amines is 1. The summed E-state index contributed by atoms with van der Waals surface area (Å²) in [6.45, 7) is 1.64. The lowest BCUT2D eigenvalue weighted by Crippen LogP contribution is -2.32. The normalized spacial score (nSPS) is 17.5. The van der Waals surface area contributed by atoms with Gasteiger partial charge in [-0.15, -0.1) is 0 Å². The number of amides is 1. The zero-order chi connectivity index (χ0) is 21.4. The highest BCUT2D eigenvalue weighted by Crippen LogP contribution is 2.41. The van der Waals surface area contributed by atoms with E-state index in [2.05, 4.69) is 20.6 Å². The number of phenols is 1. The van der Waals surface area contributed by atoms with Gasteiger partial charge in [0.2, 0.25) is 0 Å². The number of carbonyl (C=O) groups is 1. The number of rotatable bonds is 6. The SMILES string of the molecule is O=C1NCCc2[nH]c(-c3ccncc3OCC3CCO3)c(Nc3cccc(F)c3O)c21. The number of pyridine rings is 1. The van der Waals surface area contributed by atoms with E-state index < -0.39 is 11.6 Å². The average Bonchev–Trinajstić information content (AvgIpc) is 3.10. The largest absolute Gasteiger partial charge is 0.503 e. The molecule has 0 radical (unpaired) electrons. The lowest BCUT2D eigenvalue weighted by atomic mass is 10.0. The minimum absolute atomic E-state index is 0.0533. The van der Waals surface area contributed by atoms with Crippen molar-refractivity contribution in [2.24, 2.45) is 0 Å². The van der Waals surface area contributed by atoms with Gasteiger partial charge in [-0.1, -0.05) is 6.07 Å². The van der Waals surface area contributed by atoms with Gasteiger partial charge in [0, 0.05) is 43.4 Å². The number of nitrogens with one attached hydrogen (secondary N) is 3. The highest BCUT2D eigenvalue weighted by Gasteiger charge is 2.29. The first kappa shape index (κ1) is 19.4. The Morgan fingerprint density at radius 2 is 2.23 bits per heavy atom. The van der Waals surface area contributed by atoms with Crippen molar-refractivity contribution < 1.29 is 23.8 Å². The van der Waals surface area contributed by atoms with Crippen molar-refractivity contribution in [2.75, 3.05) is 25.1 Å². The molecule has 9 heteroatoms. The molecule has 0 spiro atoms. The first-order valence-corrected chi connectivity index (χ1v) is 10.1. The molecule has 31 heavy (non-hydrogen) atoms. The Kier molecular flexibility index (Phi) is 4.95. The number of phenolic OH excluding ortho intramolecular Hbond substituents is 1. The molecule has 1 fully saturated rings. The maximum atomic E-state index is 13.9. The van der Waals surface area contributed by atoms with E-state index in [-0.39, 0.29) is 17.7 Å². The van der Waals surface area contributed by atoms with Gasteiger partial charge in [-0.05, 0) is 18.2 Å². The summed E-state index contributed by atoms with van der Waals surface area (Å²) in [6.07, 6.45) is 4.85. The minimum atomic E-state index is -0.756. The van der Waals surface area contributed by atoms with Crippen LogP contribution in [0.25, 0.3) is 11.3 Å².